The maximum absolute atomic E-state index is 5.99. The van der Waals surface area contributed by atoms with Gasteiger partial charge in [-0.05, 0) is 12.5 Å². The molecule has 0 aliphatic carbocycles. The average Bonchev–Trinajstić information content (AvgIpc) is 2.60. The molecule has 2 N–H and O–H groups in total. The Hall–Kier alpha value is -0.930. The van der Waals surface area contributed by atoms with Crippen molar-refractivity contribution in [3.05, 3.63) is 22.0 Å². The third-order valence-corrected chi connectivity index (χ3v) is 2.77. The van der Waals surface area contributed by atoms with E-state index in [1.54, 1.807) is 6.07 Å². The lowest BCUT2D eigenvalue weighted by Crippen LogP contribution is -1.86. The molecule has 0 saturated carbocycles. The van der Waals surface area contributed by atoms with Crippen LogP contribution in [0, 0.1) is 0 Å². The van der Waals surface area contributed by atoms with Gasteiger partial charge in [0.1, 0.15) is 10.5 Å². The van der Waals surface area contributed by atoms with Gasteiger partial charge in [-0.25, -0.2) is 4.98 Å². The number of aryl methyl sites for hydroxylation is 1. The fourth-order valence-corrected chi connectivity index (χ4v) is 1.82. The van der Waals surface area contributed by atoms with E-state index in [-0.39, 0.29) is 0 Å². The fourth-order valence-electron chi connectivity index (χ4n) is 1.40. The van der Waals surface area contributed by atoms with Crippen molar-refractivity contribution in [1.29, 1.82) is 0 Å². The minimum Gasteiger partial charge on any atom is -0.439 e. The number of aromatic nitrogens is 1. The molecule has 2 rings (SSSR count). The second-order valence-corrected chi connectivity index (χ2v) is 4.08. The molecule has 1 heterocycles. The van der Waals surface area contributed by atoms with Crippen LogP contribution in [0.4, 0.5) is 5.69 Å². The molecular weight excluding hydrogens is 235 g/mol. The van der Waals surface area contributed by atoms with Crippen molar-refractivity contribution in [2.24, 2.45) is 0 Å². The SMILES string of the molecule is CCCc1nc2c(Cl)cc(N)c(Cl)c2o1. The number of nitrogen functional groups attached to an aromatic ring is 1. The molecule has 1 aromatic heterocycles. The van der Waals surface area contributed by atoms with Gasteiger partial charge in [-0.2, -0.15) is 0 Å². The van der Waals surface area contributed by atoms with E-state index < -0.39 is 0 Å². The van der Waals surface area contributed by atoms with Gasteiger partial charge in [-0.3, -0.25) is 0 Å². The molecule has 0 saturated heterocycles. The van der Waals surface area contributed by atoms with Crippen molar-refractivity contribution in [3.63, 3.8) is 0 Å². The highest BCUT2D eigenvalue weighted by molar-refractivity contribution is 6.41. The molecule has 1 aromatic carbocycles. The number of anilines is 1. The second kappa shape index (κ2) is 3.91. The Kier molecular flexibility index (Phi) is 2.76. The van der Waals surface area contributed by atoms with Crippen LogP contribution in [0.5, 0.6) is 0 Å². The van der Waals surface area contributed by atoms with Gasteiger partial charge < -0.3 is 10.2 Å². The fraction of sp³-hybridized carbons (Fsp3) is 0.300. The van der Waals surface area contributed by atoms with Gasteiger partial charge in [0.2, 0.25) is 0 Å². The minimum atomic E-state index is 0.379. The average molecular weight is 245 g/mol. The Balaban J connectivity index is 2.68. The molecule has 0 fully saturated rings. The van der Waals surface area contributed by atoms with Crippen LogP contribution < -0.4 is 5.73 Å². The van der Waals surface area contributed by atoms with Crippen LogP contribution in [0.25, 0.3) is 11.1 Å². The van der Waals surface area contributed by atoms with Crippen LogP contribution in [0.2, 0.25) is 10.0 Å². The van der Waals surface area contributed by atoms with Crippen LogP contribution in [-0.2, 0) is 6.42 Å². The number of nitrogens with two attached hydrogens (primary N) is 1. The lowest BCUT2D eigenvalue weighted by atomic mass is 10.3. The molecule has 0 aliphatic rings. The first kappa shape index (κ1) is 10.6. The van der Waals surface area contributed by atoms with E-state index in [9.17, 15) is 0 Å². The van der Waals surface area contributed by atoms with Crippen molar-refractivity contribution in [2.45, 2.75) is 19.8 Å². The highest BCUT2D eigenvalue weighted by Gasteiger charge is 2.14. The topological polar surface area (TPSA) is 52.0 Å². The Morgan fingerprint density at radius 1 is 1.47 bits per heavy atom. The summed E-state index contributed by atoms with van der Waals surface area (Å²) in [5.41, 5.74) is 7.14. The largest absolute Gasteiger partial charge is 0.439 e. The van der Waals surface area contributed by atoms with E-state index in [0.29, 0.717) is 32.7 Å². The van der Waals surface area contributed by atoms with E-state index in [1.165, 1.54) is 0 Å². The van der Waals surface area contributed by atoms with Gasteiger partial charge in [0.05, 0.1) is 10.7 Å². The molecular formula is C10H10Cl2N2O. The Morgan fingerprint density at radius 2 is 2.20 bits per heavy atom. The number of fused-ring (bicyclic) bond motifs is 1. The third kappa shape index (κ3) is 1.77. The summed E-state index contributed by atoms with van der Waals surface area (Å²) in [5.74, 6) is 0.641. The minimum absolute atomic E-state index is 0.379. The van der Waals surface area contributed by atoms with Crippen molar-refractivity contribution in [2.75, 3.05) is 5.73 Å². The zero-order valence-corrected chi connectivity index (χ0v) is 9.69. The van der Waals surface area contributed by atoms with E-state index in [0.717, 1.165) is 12.8 Å². The van der Waals surface area contributed by atoms with Gasteiger partial charge in [0.15, 0.2) is 11.5 Å². The summed E-state index contributed by atoms with van der Waals surface area (Å²) < 4.78 is 5.49. The zero-order chi connectivity index (χ0) is 11.0. The van der Waals surface area contributed by atoms with E-state index in [4.69, 9.17) is 33.4 Å². The number of hydrogen-bond acceptors (Lipinski definition) is 3. The first-order valence-electron chi connectivity index (χ1n) is 4.66. The molecule has 0 spiro atoms. The Bertz CT molecular complexity index is 508. The van der Waals surface area contributed by atoms with Gasteiger partial charge >= 0.3 is 0 Å². The molecule has 3 nitrogen and oxygen atoms in total. The number of halogens is 2. The molecule has 0 radical (unpaired) electrons. The third-order valence-electron chi connectivity index (χ3n) is 2.10. The molecule has 80 valence electrons. The molecule has 0 bridgehead atoms. The van der Waals surface area contributed by atoms with Crippen molar-refractivity contribution < 1.29 is 4.42 Å². The monoisotopic (exact) mass is 244 g/mol. The summed E-state index contributed by atoms with van der Waals surface area (Å²) >= 11 is 12.0. The highest BCUT2D eigenvalue weighted by Crippen LogP contribution is 2.35. The van der Waals surface area contributed by atoms with Crippen LogP contribution in [0.15, 0.2) is 10.5 Å². The smallest absolute Gasteiger partial charge is 0.195 e. The summed E-state index contributed by atoms with van der Waals surface area (Å²) in [6.07, 6.45) is 1.72. The summed E-state index contributed by atoms with van der Waals surface area (Å²) in [5, 5.41) is 0.849. The van der Waals surface area contributed by atoms with Crippen LogP contribution in [-0.4, -0.2) is 4.98 Å². The lowest BCUT2D eigenvalue weighted by Gasteiger charge is -1.98. The maximum atomic E-state index is 5.99. The van der Waals surface area contributed by atoms with Gasteiger partial charge in [0.25, 0.3) is 0 Å². The number of benzene rings is 1. The number of rotatable bonds is 2. The first-order valence-corrected chi connectivity index (χ1v) is 5.42. The second-order valence-electron chi connectivity index (χ2n) is 3.30. The summed E-state index contributed by atoms with van der Waals surface area (Å²) in [4.78, 5) is 4.27. The molecule has 0 aliphatic heterocycles. The normalized spacial score (nSPS) is 11.1. The predicted molar refractivity (Wildman–Crippen MR) is 62.4 cm³/mol. The summed E-state index contributed by atoms with van der Waals surface area (Å²) in [6, 6.07) is 1.59. The van der Waals surface area contributed by atoms with E-state index in [1.807, 2.05) is 6.92 Å². The van der Waals surface area contributed by atoms with E-state index in [2.05, 4.69) is 4.98 Å². The maximum Gasteiger partial charge on any atom is 0.195 e. The zero-order valence-electron chi connectivity index (χ0n) is 8.18. The van der Waals surface area contributed by atoms with E-state index >= 15 is 0 Å². The van der Waals surface area contributed by atoms with Crippen LogP contribution in [0.3, 0.4) is 0 Å². The first-order chi connectivity index (χ1) is 7.13. The van der Waals surface area contributed by atoms with Gasteiger partial charge in [-0.15, -0.1) is 0 Å². The van der Waals surface area contributed by atoms with Crippen LogP contribution in [0.1, 0.15) is 19.2 Å². The molecule has 2 aromatic rings. The predicted octanol–water partition coefficient (Wildman–Crippen LogP) is 3.67. The standard InChI is InChI=1S/C10H10Cl2N2O/c1-2-3-7-14-9-5(11)4-6(13)8(12)10(9)15-7/h4H,2-3,13H2,1H3. The van der Waals surface area contributed by atoms with Gasteiger partial charge in [0, 0.05) is 6.42 Å². The van der Waals surface area contributed by atoms with Crippen molar-refractivity contribution >= 4 is 40.0 Å². The van der Waals surface area contributed by atoms with Crippen LogP contribution >= 0.6 is 23.2 Å². The summed E-state index contributed by atoms with van der Waals surface area (Å²) in [6.45, 7) is 2.05. The van der Waals surface area contributed by atoms with Gasteiger partial charge in [-0.1, -0.05) is 30.1 Å². The molecule has 15 heavy (non-hydrogen) atoms. The van der Waals surface area contributed by atoms with Crippen molar-refractivity contribution in [1.82, 2.24) is 4.98 Å². The highest BCUT2D eigenvalue weighted by atomic mass is 35.5. The molecule has 0 unspecified atom stereocenters. The number of hydrogen-bond donors (Lipinski definition) is 1. The molecule has 0 atom stereocenters. The van der Waals surface area contributed by atoms with Crippen molar-refractivity contribution in [3.8, 4) is 0 Å². The number of nitrogens with zero attached hydrogens (tertiary/aromatic N) is 1. The summed E-state index contributed by atoms with van der Waals surface area (Å²) in [7, 11) is 0. The lowest BCUT2D eigenvalue weighted by molar-refractivity contribution is 0.525. The Labute approximate surface area is 97.2 Å². The molecule has 5 heteroatoms. The Morgan fingerprint density at radius 3 is 2.87 bits per heavy atom. The molecule has 0 amide bonds. The number of oxazole rings is 1. The quantitative estimate of drug-likeness (QED) is 0.821.